The molecule has 0 radical (unpaired) electrons. The summed E-state index contributed by atoms with van der Waals surface area (Å²) in [5.74, 6) is 1.70. The average Bonchev–Trinajstić information content (AvgIpc) is 2.99. The summed E-state index contributed by atoms with van der Waals surface area (Å²) >= 11 is 0. The van der Waals surface area contributed by atoms with Crippen LogP contribution in [0, 0.1) is 17.3 Å². The van der Waals surface area contributed by atoms with Crippen molar-refractivity contribution in [3.05, 3.63) is 65.0 Å². The Balaban J connectivity index is 1.53. The lowest BCUT2D eigenvalue weighted by Crippen LogP contribution is -2.42. The zero-order valence-corrected chi connectivity index (χ0v) is 16.1. The van der Waals surface area contributed by atoms with Gasteiger partial charge >= 0.3 is 0 Å². The van der Waals surface area contributed by atoms with Crippen LogP contribution in [0.3, 0.4) is 0 Å². The van der Waals surface area contributed by atoms with E-state index in [1.807, 2.05) is 6.07 Å². The summed E-state index contributed by atoms with van der Waals surface area (Å²) in [5, 5.41) is 20.7. The summed E-state index contributed by atoms with van der Waals surface area (Å²) in [7, 11) is 0. The van der Waals surface area contributed by atoms with Crippen molar-refractivity contribution in [3.63, 3.8) is 0 Å². The first-order valence-electron chi connectivity index (χ1n) is 10.2. The van der Waals surface area contributed by atoms with E-state index >= 15 is 0 Å². The van der Waals surface area contributed by atoms with Crippen molar-refractivity contribution in [1.82, 2.24) is 4.98 Å². The minimum atomic E-state index is -0.388. The number of aliphatic hydroxyl groups is 1. The molecular formula is C24H25NO3. The zero-order chi connectivity index (χ0) is 19.5. The molecule has 3 aliphatic carbocycles. The molecule has 144 valence electrons. The molecule has 3 unspecified atom stereocenters. The minimum Gasteiger partial charge on any atom is -0.508 e. The number of phenolic OH excluding ortho intramolecular Hbond substituents is 1. The standard InChI is InChI=1S/C24H25NO3/c1-24-9-8-18-17-7-5-16(26)11-14(17)4-6-19(18)21(24)12-20(23(24)28)22(27)15-3-2-10-25-13-15/h2-3,5,7,10-11,13,18-19,21,26-27H,4,6,8-9,12H2,1H3/b22-20-/t18?,19?,21?,24-/m0/s1. The molecule has 0 spiro atoms. The number of aromatic hydroxyl groups is 1. The number of ketones is 1. The molecule has 1 heterocycles. The molecule has 28 heavy (non-hydrogen) atoms. The maximum Gasteiger partial charge on any atom is 0.168 e. The number of rotatable bonds is 1. The van der Waals surface area contributed by atoms with Crippen molar-refractivity contribution < 1.29 is 15.0 Å². The van der Waals surface area contributed by atoms with Gasteiger partial charge in [0.1, 0.15) is 11.5 Å². The van der Waals surface area contributed by atoms with Crippen molar-refractivity contribution in [3.8, 4) is 5.75 Å². The van der Waals surface area contributed by atoms with Gasteiger partial charge in [0.05, 0.1) is 0 Å². The van der Waals surface area contributed by atoms with Crippen molar-refractivity contribution in [2.45, 2.75) is 44.9 Å². The smallest absolute Gasteiger partial charge is 0.168 e. The largest absolute Gasteiger partial charge is 0.508 e. The van der Waals surface area contributed by atoms with E-state index < -0.39 is 0 Å². The number of aryl methyl sites for hydroxylation is 1. The third kappa shape index (κ3) is 2.43. The minimum absolute atomic E-state index is 0.103. The van der Waals surface area contributed by atoms with Crippen LogP contribution in [0.5, 0.6) is 5.75 Å². The quantitative estimate of drug-likeness (QED) is 0.555. The molecule has 2 N–H and O–H groups in total. The Morgan fingerprint density at radius 2 is 2.11 bits per heavy atom. The second-order valence-corrected chi connectivity index (χ2v) is 8.86. The van der Waals surface area contributed by atoms with Gasteiger partial charge in [-0.3, -0.25) is 9.78 Å². The number of pyridine rings is 1. The van der Waals surface area contributed by atoms with Crippen LogP contribution in [0.2, 0.25) is 0 Å². The fourth-order valence-electron chi connectivity index (χ4n) is 6.09. The molecule has 4 atom stereocenters. The van der Waals surface area contributed by atoms with Crippen LogP contribution in [0.25, 0.3) is 5.76 Å². The van der Waals surface area contributed by atoms with E-state index in [0.29, 0.717) is 35.1 Å². The molecule has 3 aliphatic rings. The molecule has 0 bridgehead atoms. The fourth-order valence-corrected chi connectivity index (χ4v) is 6.09. The van der Waals surface area contributed by atoms with Gasteiger partial charge in [-0.15, -0.1) is 0 Å². The first kappa shape index (κ1) is 17.5. The molecule has 4 heteroatoms. The van der Waals surface area contributed by atoms with Crippen LogP contribution < -0.4 is 0 Å². The summed E-state index contributed by atoms with van der Waals surface area (Å²) < 4.78 is 0. The Kier molecular flexibility index (Phi) is 3.87. The van der Waals surface area contributed by atoms with Gasteiger partial charge in [-0.2, -0.15) is 0 Å². The molecule has 2 aromatic rings. The molecule has 5 rings (SSSR count). The highest BCUT2D eigenvalue weighted by molar-refractivity contribution is 6.07. The third-order valence-corrected chi connectivity index (χ3v) is 7.54. The highest BCUT2D eigenvalue weighted by Crippen LogP contribution is 2.61. The van der Waals surface area contributed by atoms with Crippen LogP contribution in [0.1, 0.15) is 55.2 Å². The number of allylic oxidation sites excluding steroid dienone is 1. The van der Waals surface area contributed by atoms with Gasteiger partial charge in [0.15, 0.2) is 5.78 Å². The number of aliphatic hydroxyl groups excluding tert-OH is 1. The summed E-state index contributed by atoms with van der Waals surface area (Å²) in [5.41, 5.74) is 3.41. The number of aromatic nitrogens is 1. The molecule has 0 saturated heterocycles. The average molecular weight is 375 g/mol. The molecule has 0 aliphatic heterocycles. The van der Waals surface area contributed by atoms with Crippen LogP contribution in [-0.2, 0) is 11.2 Å². The van der Waals surface area contributed by atoms with Crippen molar-refractivity contribution in [2.24, 2.45) is 17.3 Å². The number of hydrogen-bond acceptors (Lipinski definition) is 4. The molecule has 1 aromatic heterocycles. The number of carbonyl (C=O) groups is 1. The molecule has 0 amide bonds. The number of benzene rings is 1. The highest BCUT2D eigenvalue weighted by atomic mass is 16.3. The molecule has 4 nitrogen and oxygen atoms in total. The number of phenols is 1. The van der Waals surface area contributed by atoms with Gasteiger partial charge < -0.3 is 10.2 Å². The van der Waals surface area contributed by atoms with Crippen LogP contribution >= 0.6 is 0 Å². The van der Waals surface area contributed by atoms with E-state index in [2.05, 4.69) is 18.0 Å². The van der Waals surface area contributed by atoms with Gasteiger partial charge in [-0.1, -0.05) is 13.0 Å². The molecule has 1 aromatic carbocycles. The number of hydrogen-bond donors (Lipinski definition) is 2. The summed E-state index contributed by atoms with van der Waals surface area (Å²) in [6.07, 6.45) is 7.75. The third-order valence-electron chi connectivity index (χ3n) is 7.54. The molecule has 2 saturated carbocycles. The Morgan fingerprint density at radius 3 is 2.89 bits per heavy atom. The maximum atomic E-state index is 13.4. The van der Waals surface area contributed by atoms with Gasteiger partial charge in [0, 0.05) is 28.9 Å². The van der Waals surface area contributed by atoms with E-state index in [9.17, 15) is 15.0 Å². The SMILES string of the molecule is C[C@]12CCC3c4ccc(O)cc4CCC3C1C/C(=C(/O)c1cccnc1)C2=O. The van der Waals surface area contributed by atoms with Crippen LogP contribution in [0.15, 0.2) is 48.3 Å². The lowest BCUT2D eigenvalue weighted by molar-refractivity contribution is -0.127. The molecular weight excluding hydrogens is 350 g/mol. The first-order valence-corrected chi connectivity index (χ1v) is 10.2. The summed E-state index contributed by atoms with van der Waals surface area (Å²) in [6, 6.07) is 9.35. The number of fused-ring (bicyclic) bond motifs is 5. The van der Waals surface area contributed by atoms with Gasteiger partial charge in [0.2, 0.25) is 0 Å². The second kappa shape index (κ2) is 6.20. The van der Waals surface area contributed by atoms with Gasteiger partial charge in [0.25, 0.3) is 0 Å². The fraction of sp³-hybridized carbons (Fsp3) is 0.417. The lowest BCUT2D eigenvalue weighted by Gasteiger charge is -2.48. The number of carbonyl (C=O) groups excluding carboxylic acids is 1. The van der Waals surface area contributed by atoms with Crippen LogP contribution in [-0.4, -0.2) is 21.0 Å². The second-order valence-electron chi connectivity index (χ2n) is 8.86. The topological polar surface area (TPSA) is 70.4 Å². The Hall–Kier alpha value is -2.62. The summed E-state index contributed by atoms with van der Waals surface area (Å²) in [4.78, 5) is 17.5. The predicted octanol–water partition coefficient (Wildman–Crippen LogP) is 4.79. The van der Waals surface area contributed by atoms with Crippen LogP contribution in [0.4, 0.5) is 0 Å². The molecule has 2 fully saturated rings. The van der Waals surface area contributed by atoms with Crippen molar-refractivity contribution >= 4 is 11.5 Å². The highest BCUT2D eigenvalue weighted by Gasteiger charge is 2.57. The van der Waals surface area contributed by atoms with Gasteiger partial charge in [-0.05, 0) is 85.3 Å². The van der Waals surface area contributed by atoms with E-state index in [1.165, 1.54) is 11.1 Å². The predicted molar refractivity (Wildman–Crippen MR) is 107 cm³/mol. The monoisotopic (exact) mass is 375 g/mol. The lowest BCUT2D eigenvalue weighted by atomic mass is 9.55. The maximum absolute atomic E-state index is 13.4. The normalized spacial score (nSPS) is 33.0. The number of nitrogens with zero attached hydrogens (tertiary/aromatic N) is 1. The van der Waals surface area contributed by atoms with E-state index in [-0.39, 0.29) is 22.9 Å². The van der Waals surface area contributed by atoms with Crippen molar-refractivity contribution in [2.75, 3.05) is 0 Å². The first-order chi connectivity index (χ1) is 13.5. The van der Waals surface area contributed by atoms with E-state index in [0.717, 1.165) is 25.7 Å². The van der Waals surface area contributed by atoms with Gasteiger partial charge in [-0.25, -0.2) is 0 Å². The number of Topliss-reactive ketones (excluding diaryl/α,β-unsaturated/α-hetero) is 1. The Labute approximate surface area is 164 Å². The van der Waals surface area contributed by atoms with E-state index in [4.69, 9.17) is 0 Å². The van der Waals surface area contributed by atoms with Crippen molar-refractivity contribution in [1.29, 1.82) is 0 Å². The zero-order valence-electron chi connectivity index (χ0n) is 16.1. The Bertz CT molecular complexity index is 981. The Morgan fingerprint density at radius 1 is 1.25 bits per heavy atom. The summed E-state index contributed by atoms with van der Waals surface area (Å²) in [6.45, 7) is 2.10. The van der Waals surface area contributed by atoms with E-state index in [1.54, 1.807) is 30.6 Å².